The van der Waals surface area contributed by atoms with Crippen molar-refractivity contribution in [3.8, 4) is 0 Å². The maximum absolute atomic E-state index is 13.5. The van der Waals surface area contributed by atoms with Gasteiger partial charge in [-0.15, -0.1) is 0 Å². The van der Waals surface area contributed by atoms with Crippen LogP contribution in [0.2, 0.25) is 0 Å². The average molecular weight is 283 g/mol. The van der Waals surface area contributed by atoms with Crippen molar-refractivity contribution < 1.29 is 18.4 Å². The molecule has 0 saturated heterocycles. The van der Waals surface area contributed by atoms with Crippen LogP contribution in [0.4, 0.5) is 14.5 Å². The molecular weight excluding hydrogens is 268 g/mol. The maximum atomic E-state index is 13.5. The fraction of sp³-hybridized carbons (Fsp3) is 0.385. The third kappa shape index (κ3) is 3.74. The first-order valence-electron chi connectivity index (χ1n) is 6.26. The van der Waals surface area contributed by atoms with Crippen molar-refractivity contribution in [1.29, 1.82) is 0 Å². The highest BCUT2D eigenvalue weighted by Gasteiger charge is 2.21. The molecule has 0 heterocycles. The molecule has 108 valence electrons. The van der Waals surface area contributed by atoms with Crippen LogP contribution in [-0.4, -0.2) is 24.9 Å². The monoisotopic (exact) mass is 283 g/mol. The lowest BCUT2D eigenvalue weighted by Crippen LogP contribution is -2.30. The van der Waals surface area contributed by atoms with Crippen molar-refractivity contribution in [2.75, 3.05) is 18.4 Å². The van der Waals surface area contributed by atoms with E-state index in [1.54, 1.807) is 0 Å². The Bertz CT molecular complexity index is 545. The Kier molecular flexibility index (Phi) is 4.29. The number of nitrogens with two attached hydrogens (primary N) is 1. The second kappa shape index (κ2) is 5.96. The molecule has 0 atom stereocenters. The summed E-state index contributed by atoms with van der Waals surface area (Å²) in [6.07, 6.45) is 2.31. The van der Waals surface area contributed by atoms with Gasteiger partial charge in [0.2, 0.25) is 5.91 Å². The van der Waals surface area contributed by atoms with Crippen molar-refractivity contribution in [2.45, 2.75) is 12.8 Å². The smallest absolute Gasteiger partial charge is 0.251 e. The maximum Gasteiger partial charge on any atom is 0.251 e. The van der Waals surface area contributed by atoms with Gasteiger partial charge in [0.1, 0.15) is 11.6 Å². The van der Waals surface area contributed by atoms with Gasteiger partial charge in [0.05, 0.1) is 17.8 Å². The second-order valence-corrected chi connectivity index (χ2v) is 4.80. The molecule has 0 aliphatic heterocycles. The van der Waals surface area contributed by atoms with Gasteiger partial charge in [-0.1, -0.05) is 0 Å². The number of benzene rings is 1. The van der Waals surface area contributed by atoms with Crippen molar-refractivity contribution in [2.24, 2.45) is 11.7 Å². The molecule has 20 heavy (non-hydrogen) atoms. The highest BCUT2D eigenvalue weighted by atomic mass is 19.1. The van der Waals surface area contributed by atoms with Crippen LogP contribution in [0, 0.1) is 17.6 Å². The van der Waals surface area contributed by atoms with Gasteiger partial charge in [0, 0.05) is 6.07 Å². The predicted octanol–water partition coefficient (Wildman–Crippen LogP) is 1.00. The van der Waals surface area contributed by atoms with Crippen LogP contribution in [-0.2, 0) is 4.79 Å². The summed E-state index contributed by atoms with van der Waals surface area (Å²) in [5.41, 5.74) is 4.23. The van der Waals surface area contributed by atoms with Crippen LogP contribution in [0.1, 0.15) is 23.2 Å². The molecule has 0 radical (unpaired) electrons. The molecule has 1 aliphatic rings. The number of amides is 2. The second-order valence-electron chi connectivity index (χ2n) is 4.80. The molecule has 5 nitrogen and oxygen atoms in total. The van der Waals surface area contributed by atoms with Gasteiger partial charge < -0.3 is 16.4 Å². The predicted molar refractivity (Wildman–Crippen MR) is 69.1 cm³/mol. The highest BCUT2D eigenvalue weighted by molar-refractivity contribution is 5.97. The van der Waals surface area contributed by atoms with Crippen LogP contribution in [0.25, 0.3) is 0 Å². The summed E-state index contributed by atoms with van der Waals surface area (Å²) >= 11 is 0. The zero-order valence-electron chi connectivity index (χ0n) is 10.7. The van der Waals surface area contributed by atoms with Gasteiger partial charge in [0.25, 0.3) is 5.91 Å². The number of rotatable bonds is 6. The van der Waals surface area contributed by atoms with Crippen LogP contribution in [0.15, 0.2) is 12.1 Å². The van der Waals surface area contributed by atoms with Crippen molar-refractivity contribution in [1.82, 2.24) is 5.32 Å². The van der Waals surface area contributed by atoms with E-state index < -0.39 is 29.0 Å². The zero-order valence-corrected chi connectivity index (χ0v) is 10.7. The lowest BCUT2D eigenvalue weighted by Gasteiger charge is -2.09. The summed E-state index contributed by atoms with van der Waals surface area (Å²) in [6, 6.07) is 1.42. The molecule has 0 unspecified atom stereocenters. The standard InChI is InChI=1S/C13H15F2N3O2/c14-9-4-10(15)11(3-8(9)13(16)20)18-12(19)6-17-5-7-1-2-7/h3-4,7,17H,1-2,5-6H2,(H2,16,20)(H,18,19). The summed E-state index contributed by atoms with van der Waals surface area (Å²) in [5.74, 6) is -2.88. The van der Waals surface area contributed by atoms with E-state index in [-0.39, 0.29) is 12.2 Å². The number of nitrogens with one attached hydrogen (secondary N) is 2. The van der Waals surface area contributed by atoms with Crippen LogP contribution >= 0.6 is 0 Å². The molecule has 1 aliphatic carbocycles. The van der Waals surface area contributed by atoms with Crippen molar-refractivity contribution in [3.63, 3.8) is 0 Å². The molecule has 7 heteroatoms. The lowest BCUT2D eigenvalue weighted by molar-refractivity contribution is -0.115. The van der Waals surface area contributed by atoms with E-state index in [2.05, 4.69) is 10.6 Å². The van der Waals surface area contributed by atoms with Crippen LogP contribution in [0.3, 0.4) is 0 Å². The minimum atomic E-state index is -1.06. The molecule has 1 aromatic rings. The third-order valence-corrected chi connectivity index (χ3v) is 3.01. The summed E-state index contributed by atoms with van der Waals surface area (Å²) < 4.78 is 26.7. The quantitative estimate of drug-likeness (QED) is 0.728. The minimum Gasteiger partial charge on any atom is -0.366 e. The molecule has 1 saturated carbocycles. The first-order valence-corrected chi connectivity index (χ1v) is 6.26. The van der Waals surface area contributed by atoms with Gasteiger partial charge in [0.15, 0.2) is 0 Å². The molecule has 0 aromatic heterocycles. The first-order chi connectivity index (χ1) is 9.47. The molecular formula is C13H15F2N3O2. The van der Waals surface area contributed by atoms with Gasteiger partial charge >= 0.3 is 0 Å². The minimum absolute atomic E-state index is 0.0270. The number of halogens is 2. The van der Waals surface area contributed by atoms with Crippen molar-refractivity contribution >= 4 is 17.5 Å². The Balaban J connectivity index is 1.98. The first kappa shape index (κ1) is 14.4. The van der Waals surface area contributed by atoms with Crippen molar-refractivity contribution in [3.05, 3.63) is 29.3 Å². The van der Waals surface area contributed by atoms with Gasteiger partial charge in [-0.05, 0) is 31.4 Å². The number of primary amides is 1. The fourth-order valence-electron chi connectivity index (χ4n) is 1.74. The Morgan fingerprint density at radius 3 is 2.55 bits per heavy atom. The Labute approximate surface area is 114 Å². The number of hydrogen-bond donors (Lipinski definition) is 3. The number of carbonyl (C=O) groups is 2. The van der Waals surface area contributed by atoms with Gasteiger partial charge in [-0.2, -0.15) is 0 Å². The molecule has 1 fully saturated rings. The fourth-order valence-corrected chi connectivity index (χ4v) is 1.74. The van der Waals surface area contributed by atoms with E-state index in [0.717, 1.165) is 25.5 Å². The molecule has 2 rings (SSSR count). The largest absolute Gasteiger partial charge is 0.366 e. The van der Waals surface area contributed by atoms with E-state index in [1.807, 2.05) is 0 Å². The topological polar surface area (TPSA) is 84.2 Å². The van der Waals surface area contributed by atoms with E-state index >= 15 is 0 Å². The summed E-state index contributed by atoms with van der Waals surface area (Å²) in [6.45, 7) is 0.769. The number of hydrogen-bond acceptors (Lipinski definition) is 3. The molecule has 4 N–H and O–H groups in total. The third-order valence-electron chi connectivity index (χ3n) is 3.01. The molecule has 0 bridgehead atoms. The summed E-state index contributed by atoms with van der Waals surface area (Å²) in [7, 11) is 0. The number of carbonyl (C=O) groups excluding carboxylic acids is 2. The summed E-state index contributed by atoms with van der Waals surface area (Å²) in [4.78, 5) is 22.5. The molecule has 2 amide bonds. The van der Waals surface area contributed by atoms with Gasteiger partial charge in [-0.25, -0.2) is 8.78 Å². The summed E-state index contributed by atoms with van der Waals surface area (Å²) in [5, 5.41) is 5.21. The van der Waals surface area contributed by atoms with E-state index in [0.29, 0.717) is 12.0 Å². The Morgan fingerprint density at radius 1 is 1.25 bits per heavy atom. The molecule has 0 spiro atoms. The van der Waals surface area contributed by atoms with Gasteiger partial charge in [-0.3, -0.25) is 9.59 Å². The van der Waals surface area contributed by atoms with E-state index in [4.69, 9.17) is 5.73 Å². The molecule has 1 aromatic carbocycles. The Morgan fingerprint density at radius 2 is 1.95 bits per heavy atom. The zero-order chi connectivity index (χ0) is 14.7. The normalized spacial score (nSPS) is 14.1. The van der Waals surface area contributed by atoms with Crippen LogP contribution in [0.5, 0.6) is 0 Å². The Hall–Kier alpha value is -2.02. The highest BCUT2D eigenvalue weighted by Crippen LogP contribution is 2.27. The SMILES string of the molecule is NC(=O)c1cc(NC(=O)CNCC2CC2)c(F)cc1F. The number of anilines is 1. The van der Waals surface area contributed by atoms with E-state index in [1.165, 1.54) is 0 Å². The van der Waals surface area contributed by atoms with Crippen LogP contribution < -0.4 is 16.4 Å². The lowest BCUT2D eigenvalue weighted by atomic mass is 10.1. The van der Waals surface area contributed by atoms with E-state index in [9.17, 15) is 18.4 Å². The average Bonchev–Trinajstić information content (AvgIpc) is 3.16.